The third kappa shape index (κ3) is 6.92. The number of nitrogens with one attached hydrogen (secondary N) is 1. The van der Waals surface area contributed by atoms with Crippen molar-refractivity contribution in [2.45, 2.75) is 64.8 Å². The quantitative estimate of drug-likeness (QED) is 0.191. The Morgan fingerprint density at radius 2 is 1.47 bits per heavy atom. The molecular formula is C25H30N2O11. The normalized spacial score (nSPS) is 24.4. The van der Waals surface area contributed by atoms with Crippen LogP contribution in [0.25, 0.3) is 0 Å². The van der Waals surface area contributed by atoms with Crippen molar-refractivity contribution in [3.05, 3.63) is 35.4 Å². The summed E-state index contributed by atoms with van der Waals surface area (Å²) in [7, 11) is 0. The predicted molar refractivity (Wildman–Crippen MR) is 126 cm³/mol. The van der Waals surface area contributed by atoms with Crippen LogP contribution in [-0.2, 0) is 42.9 Å². The molecule has 0 aliphatic carbocycles. The first-order valence-electron chi connectivity index (χ1n) is 12.0. The van der Waals surface area contributed by atoms with Crippen molar-refractivity contribution in [2.75, 3.05) is 19.8 Å². The van der Waals surface area contributed by atoms with Gasteiger partial charge in [-0.25, -0.2) is 0 Å². The molecule has 1 N–H and O–H groups in total. The Kier molecular flexibility index (Phi) is 9.53. The van der Waals surface area contributed by atoms with Gasteiger partial charge < -0.3 is 29.0 Å². The minimum absolute atomic E-state index is 0.0283. The van der Waals surface area contributed by atoms with E-state index in [0.717, 1.165) is 18.7 Å². The molecule has 3 amide bonds. The van der Waals surface area contributed by atoms with E-state index in [1.54, 1.807) is 24.3 Å². The molecule has 0 saturated carbocycles. The number of imide groups is 1. The number of hydrogen-bond donors (Lipinski definition) is 1. The van der Waals surface area contributed by atoms with E-state index in [1.807, 2.05) is 0 Å². The molecule has 5 atom stereocenters. The van der Waals surface area contributed by atoms with Gasteiger partial charge in [0.25, 0.3) is 11.8 Å². The molecule has 0 aromatic heterocycles. The Morgan fingerprint density at radius 1 is 0.895 bits per heavy atom. The van der Waals surface area contributed by atoms with Gasteiger partial charge in [-0.15, -0.1) is 0 Å². The van der Waals surface area contributed by atoms with Crippen molar-refractivity contribution < 1.29 is 52.5 Å². The monoisotopic (exact) mass is 534 g/mol. The second-order valence-corrected chi connectivity index (χ2v) is 8.75. The SMILES string of the molecule is CC(=O)N[C@@H]1[C@H](OCCCN2C(=O)c3ccccc3C2=O)O[C@H](COC(C)=O)[C@H](OC(C)=O)[C@H]1OC(C)=O. The molecule has 0 unspecified atom stereocenters. The lowest BCUT2D eigenvalue weighted by Crippen LogP contribution is -2.66. The lowest BCUT2D eigenvalue weighted by molar-refractivity contribution is -0.277. The third-order valence-corrected chi connectivity index (χ3v) is 5.76. The van der Waals surface area contributed by atoms with E-state index in [-0.39, 0.29) is 26.2 Å². The number of rotatable bonds is 10. The molecule has 1 fully saturated rings. The van der Waals surface area contributed by atoms with Crippen LogP contribution in [0.4, 0.5) is 0 Å². The van der Waals surface area contributed by atoms with Gasteiger partial charge in [-0.1, -0.05) is 12.1 Å². The van der Waals surface area contributed by atoms with Gasteiger partial charge in [0.2, 0.25) is 5.91 Å². The first-order chi connectivity index (χ1) is 18.0. The zero-order valence-electron chi connectivity index (χ0n) is 21.5. The molecule has 2 aliphatic rings. The Balaban J connectivity index is 1.74. The van der Waals surface area contributed by atoms with Gasteiger partial charge in [0.1, 0.15) is 18.8 Å². The number of hydrogen-bond acceptors (Lipinski definition) is 11. The molecule has 206 valence electrons. The Hall–Kier alpha value is -3.84. The van der Waals surface area contributed by atoms with Crippen LogP contribution < -0.4 is 5.32 Å². The fourth-order valence-electron chi connectivity index (χ4n) is 4.30. The number of nitrogens with zero attached hydrogens (tertiary/aromatic N) is 1. The van der Waals surface area contributed by atoms with Crippen LogP contribution in [0.15, 0.2) is 24.3 Å². The predicted octanol–water partition coefficient (Wildman–Crippen LogP) is 0.345. The molecule has 2 heterocycles. The summed E-state index contributed by atoms with van der Waals surface area (Å²) in [6.07, 6.45) is -4.57. The van der Waals surface area contributed by atoms with Crippen molar-refractivity contribution in [2.24, 2.45) is 0 Å². The molecule has 1 aromatic rings. The fraction of sp³-hybridized carbons (Fsp3) is 0.520. The van der Waals surface area contributed by atoms with Gasteiger partial charge in [0, 0.05) is 34.2 Å². The number of carbonyl (C=O) groups excluding carboxylic acids is 6. The summed E-state index contributed by atoms with van der Waals surface area (Å²) in [5.41, 5.74) is 0.655. The third-order valence-electron chi connectivity index (χ3n) is 5.76. The highest BCUT2D eigenvalue weighted by Crippen LogP contribution is 2.28. The van der Waals surface area contributed by atoms with E-state index in [4.69, 9.17) is 23.7 Å². The molecule has 2 aliphatic heterocycles. The largest absolute Gasteiger partial charge is 0.463 e. The second-order valence-electron chi connectivity index (χ2n) is 8.75. The maximum absolute atomic E-state index is 12.6. The van der Waals surface area contributed by atoms with Crippen LogP contribution in [0.3, 0.4) is 0 Å². The maximum atomic E-state index is 12.6. The van der Waals surface area contributed by atoms with Crippen molar-refractivity contribution in [1.29, 1.82) is 0 Å². The van der Waals surface area contributed by atoms with Crippen molar-refractivity contribution >= 4 is 35.6 Å². The minimum Gasteiger partial charge on any atom is -0.463 e. The van der Waals surface area contributed by atoms with Crippen LogP contribution in [0.1, 0.15) is 54.8 Å². The Morgan fingerprint density at radius 3 is 2.00 bits per heavy atom. The van der Waals surface area contributed by atoms with Crippen molar-refractivity contribution in [1.82, 2.24) is 10.2 Å². The lowest BCUT2D eigenvalue weighted by Gasteiger charge is -2.45. The van der Waals surface area contributed by atoms with Crippen LogP contribution in [0, 0.1) is 0 Å². The summed E-state index contributed by atoms with van der Waals surface area (Å²) >= 11 is 0. The minimum atomic E-state index is -1.24. The average molecular weight is 535 g/mol. The number of benzene rings is 1. The molecule has 1 aromatic carbocycles. The molecular weight excluding hydrogens is 504 g/mol. The van der Waals surface area contributed by atoms with Crippen LogP contribution in [-0.4, -0.2) is 90.9 Å². The van der Waals surface area contributed by atoms with Gasteiger partial charge in [0.05, 0.1) is 17.7 Å². The number of esters is 3. The summed E-state index contributed by atoms with van der Waals surface area (Å²) in [6, 6.07) is 5.41. The molecule has 3 rings (SSSR count). The molecule has 0 bridgehead atoms. The Labute approximate surface area is 218 Å². The summed E-state index contributed by atoms with van der Waals surface area (Å²) < 4.78 is 27.5. The smallest absolute Gasteiger partial charge is 0.303 e. The molecule has 1 saturated heterocycles. The Bertz CT molecular complexity index is 1070. The number of carbonyl (C=O) groups is 6. The second kappa shape index (κ2) is 12.6. The van der Waals surface area contributed by atoms with E-state index >= 15 is 0 Å². The molecule has 13 heteroatoms. The highest BCUT2D eigenvalue weighted by Gasteiger charge is 2.51. The lowest BCUT2D eigenvalue weighted by atomic mass is 9.96. The first-order valence-corrected chi connectivity index (χ1v) is 12.0. The van der Waals surface area contributed by atoms with Gasteiger partial charge in [-0.2, -0.15) is 0 Å². The molecule has 38 heavy (non-hydrogen) atoms. The van der Waals surface area contributed by atoms with E-state index < -0.39 is 66.3 Å². The molecule has 0 spiro atoms. The van der Waals surface area contributed by atoms with Crippen LogP contribution in [0.2, 0.25) is 0 Å². The van der Waals surface area contributed by atoms with E-state index in [2.05, 4.69) is 5.32 Å². The van der Waals surface area contributed by atoms with Gasteiger partial charge in [-0.05, 0) is 18.6 Å². The van der Waals surface area contributed by atoms with E-state index in [0.29, 0.717) is 11.1 Å². The summed E-state index contributed by atoms with van der Waals surface area (Å²) in [6.45, 7) is 4.37. The zero-order chi connectivity index (χ0) is 28.0. The summed E-state index contributed by atoms with van der Waals surface area (Å²) in [5.74, 6) is -3.38. The summed E-state index contributed by atoms with van der Waals surface area (Å²) in [4.78, 5) is 73.4. The van der Waals surface area contributed by atoms with Crippen molar-refractivity contribution in [3.8, 4) is 0 Å². The topological polar surface area (TPSA) is 164 Å². The number of fused-ring (bicyclic) bond motifs is 1. The summed E-state index contributed by atoms with van der Waals surface area (Å²) in [5, 5.41) is 2.60. The van der Waals surface area contributed by atoms with Gasteiger partial charge in [-0.3, -0.25) is 33.7 Å². The molecule has 13 nitrogen and oxygen atoms in total. The zero-order valence-corrected chi connectivity index (χ0v) is 21.5. The highest BCUT2D eigenvalue weighted by molar-refractivity contribution is 6.21. The van der Waals surface area contributed by atoms with E-state index in [9.17, 15) is 28.8 Å². The maximum Gasteiger partial charge on any atom is 0.303 e. The van der Waals surface area contributed by atoms with Gasteiger partial charge in [0.15, 0.2) is 18.5 Å². The average Bonchev–Trinajstić information content (AvgIpc) is 3.08. The van der Waals surface area contributed by atoms with Crippen LogP contribution >= 0.6 is 0 Å². The standard InChI is InChI=1S/C25H30N2O11/c1-13(28)26-20-22(37-16(4)31)21(36-15(3)30)19(12-35-14(2)29)38-25(20)34-11-7-10-27-23(32)17-8-5-6-9-18(17)24(27)33/h5-6,8-9,19-22,25H,7,10-12H2,1-4H3,(H,26,28)/t19-,20+,21+,22+,25-/m1/s1. The van der Waals surface area contributed by atoms with Gasteiger partial charge >= 0.3 is 17.9 Å². The van der Waals surface area contributed by atoms with Crippen LogP contribution in [0.5, 0.6) is 0 Å². The van der Waals surface area contributed by atoms with Crippen molar-refractivity contribution in [3.63, 3.8) is 0 Å². The number of ether oxygens (including phenoxy) is 5. The number of amides is 3. The highest BCUT2D eigenvalue weighted by atomic mass is 16.7. The molecule has 0 radical (unpaired) electrons. The fourth-order valence-corrected chi connectivity index (χ4v) is 4.30. The van der Waals surface area contributed by atoms with E-state index in [1.165, 1.54) is 13.8 Å². The first kappa shape index (κ1) is 28.7.